The van der Waals surface area contributed by atoms with Crippen molar-refractivity contribution in [2.75, 3.05) is 0 Å². The summed E-state index contributed by atoms with van der Waals surface area (Å²) in [6.45, 7) is 0. The maximum atomic E-state index is 10.6. The van der Waals surface area contributed by atoms with Crippen LogP contribution in [-0.4, -0.2) is 50.9 Å². The fourth-order valence-electron chi connectivity index (χ4n) is 5.16. The molecular weight excluding hydrogens is 546 g/mol. The van der Waals surface area contributed by atoms with Crippen LogP contribution in [0.5, 0.6) is 0 Å². The third-order valence-corrected chi connectivity index (χ3v) is 7.70. The van der Waals surface area contributed by atoms with Gasteiger partial charge in [-0.15, -0.1) is 0 Å². The summed E-state index contributed by atoms with van der Waals surface area (Å²) in [5.41, 5.74) is 14.3. The van der Waals surface area contributed by atoms with E-state index in [1.165, 1.54) is 57.8 Å². The van der Waals surface area contributed by atoms with Gasteiger partial charge in [-0.1, -0.05) is 57.8 Å². The molecule has 0 saturated heterocycles. The zero-order valence-corrected chi connectivity index (χ0v) is 24.1. The Morgan fingerprint density at radius 3 is 0.738 bits per heavy atom. The minimum Gasteiger partial charge on any atom is -0.478 e. The normalized spacial score (nSPS) is 17.4. The Labute approximate surface area is 246 Å². The van der Waals surface area contributed by atoms with Crippen molar-refractivity contribution in [3.8, 4) is 0 Å². The summed E-state index contributed by atoms with van der Waals surface area (Å²) < 4.78 is 0. The number of hydrogen-bond donors (Lipinski definition) is 6. The van der Waals surface area contributed by atoms with Crippen molar-refractivity contribution in [2.45, 2.75) is 96.3 Å². The van der Waals surface area contributed by atoms with Crippen LogP contribution in [0.4, 0.5) is 0 Å². The van der Waals surface area contributed by atoms with Crippen LogP contribution in [0.15, 0.2) is 18.2 Å². The highest BCUT2D eigenvalue weighted by Crippen LogP contribution is 2.24. The first-order chi connectivity index (χ1) is 19.8. The Balaban J connectivity index is 0.000000288. The maximum absolute atomic E-state index is 10.6. The number of aromatic carboxylic acids is 3. The number of nitrogens with two attached hydrogens (primary N) is 3. The third-order valence-electron chi connectivity index (χ3n) is 7.70. The second-order valence-corrected chi connectivity index (χ2v) is 10.9. The van der Waals surface area contributed by atoms with E-state index < -0.39 is 17.9 Å². The summed E-state index contributed by atoms with van der Waals surface area (Å²) >= 11 is 0. The van der Waals surface area contributed by atoms with E-state index in [2.05, 4.69) is 0 Å². The molecule has 3 fully saturated rings. The smallest absolute Gasteiger partial charge is 0.335 e. The number of carbonyl (C=O) groups is 6. The second kappa shape index (κ2) is 19.2. The number of rotatable bonds is 6. The largest absolute Gasteiger partial charge is 0.478 e. The van der Waals surface area contributed by atoms with Crippen molar-refractivity contribution in [3.63, 3.8) is 0 Å². The van der Waals surface area contributed by atoms with Crippen LogP contribution in [0.3, 0.4) is 0 Å². The van der Waals surface area contributed by atoms with Crippen LogP contribution in [0.1, 0.15) is 127 Å². The third kappa shape index (κ3) is 14.1. The monoisotopic (exact) mass is 591 g/mol. The Bertz CT molecular complexity index is 926. The number of benzene rings is 1. The van der Waals surface area contributed by atoms with Crippen LogP contribution in [0.25, 0.3) is 0 Å². The van der Waals surface area contributed by atoms with E-state index in [9.17, 15) is 28.8 Å². The van der Waals surface area contributed by atoms with Crippen LogP contribution in [0.2, 0.25) is 0 Å². The highest BCUT2D eigenvalue weighted by atomic mass is 16.4. The zero-order chi connectivity index (χ0) is 31.7. The molecule has 3 aliphatic rings. The van der Waals surface area contributed by atoms with Gasteiger partial charge in [0.15, 0.2) is 0 Å². The molecule has 234 valence electrons. The van der Waals surface area contributed by atoms with E-state index in [-0.39, 0.29) is 52.2 Å². The van der Waals surface area contributed by atoms with E-state index in [4.69, 9.17) is 32.5 Å². The van der Waals surface area contributed by atoms with Gasteiger partial charge in [0.25, 0.3) is 0 Å². The first kappa shape index (κ1) is 36.1. The molecule has 0 atom stereocenters. The molecular formula is C30H45N3O9. The van der Waals surface area contributed by atoms with Crippen LogP contribution >= 0.6 is 0 Å². The Kier molecular flexibility index (Phi) is 16.5. The quantitative estimate of drug-likeness (QED) is 0.280. The molecule has 3 amide bonds. The van der Waals surface area contributed by atoms with Gasteiger partial charge in [-0.3, -0.25) is 14.4 Å². The average Bonchev–Trinajstić information content (AvgIpc) is 2.99. The maximum Gasteiger partial charge on any atom is 0.335 e. The van der Waals surface area contributed by atoms with Crippen molar-refractivity contribution >= 4 is 35.6 Å². The first-order valence-corrected chi connectivity index (χ1v) is 14.6. The number of carbonyl (C=O) groups excluding carboxylic acids is 3. The van der Waals surface area contributed by atoms with Crippen molar-refractivity contribution in [3.05, 3.63) is 34.9 Å². The molecule has 42 heavy (non-hydrogen) atoms. The van der Waals surface area contributed by atoms with Crippen molar-refractivity contribution in [2.24, 2.45) is 35.0 Å². The number of hydrogen-bond acceptors (Lipinski definition) is 6. The van der Waals surface area contributed by atoms with Crippen molar-refractivity contribution in [1.82, 2.24) is 0 Å². The van der Waals surface area contributed by atoms with Gasteiger partial charge < -0.3 is 32.5 Å². The van der Waals surface area contributed by atoms with Gasteiger partial charge in [0.1, 0.15) is 0 Å². The SMILES string of the molecule is NC(=O)C1CCCCC1.NC(=O)C1CCCCC1.NC(=O)C1CCCCC1.O=C(O)c1cc(C(=O)O)cc(C(=O)O)c1. The molecule has 3 saturated carbocycles. The van der Waals surface area contributed by atoms with Crippen molar-refractivity contribution < 1.29 is 44.1 Å². The Morgan fingerprint density at radius 2 is 0.619 bits per heavy atom. The van der Waals surface area contributed by atoms with Gasteiger partial charge in [0, 0.05) is 17.8 Å². The fraction of sp³-hybridized carbons (Fsp3) is 0.600. The summed E-state index contributed by atoms with van der Waals surface area (Å²) in [5.74, 6) is -3.85. The molecule has 12 nitrogen and oxygen atoms in total. The molecule has 1 aromatic carbocycles. The summed E-state index contributed by atoms with van der Waals surface area (Å²) in [6, 6.07) is 2.70. The molecule has 3 aliphatic carbocycles. The van der Waals surface area contributed by atoms with E-state index in [0.717, 1.165) is 56.7 Å². The van der Waals surface area contributed by atoms with E-state index >= 15 is 0 Å². The summed E-state index contributed by atoms with van der Waals surface area (Å²) in [7, 11) is 0. The lowest BCUT2D eigenvalue weighted by Gasteiger charge is -2.17. The molecule has 12 heteroatoms. The topological polar surface area (TPSA) is 241 Å². The average molecular weight is 592 g/mol. The predicted molar refractivity (Wildman–Crippen MR) is 155 cm³/mol. The molecule has 1 aromatic rings. The summed E-state index contributed by atoms with van der Waals surface area (Å²) in [5, 5.41) is 25.8. The van der Waals surface area contributed by atoms with Gasteiger partial charge >= 0.3 is 17.9 Å². The van der Waals surface area contributed by atoms with Gasteiger partial charge in [-0.2, -0.15) is 0 Å². The van der Waals surface area contributed by atoms with E-state index in [0.29, 0.717) is 0 Å². The highest BCUT2D eigenvalue weighted by molar-refractivity contribution is 5.98. The number of amides is 3. The number of carboxylic acids is 3. The lowest BCUT2D eigenvalue weighted by atomic mass is 9.89. The molecule has 0 unspecified atom stereocenters. The molecule has 9 N–H and O–H groups in total. The molecule has 0 aliphatic heterocycles. The molecule has 0 spiro atoms. The Morgan fingerprint density at radius 1 is 0.429 bits per heavy atom. The standard InChI is InChI=1S/C9H6O6.3C7H13NO/c10-7(11)4-1-5(8(12)13)3-6(2-4)9(14)15;3*8-7(9)6-4-2-1-3-5-6/h1-3H,(H,10,11)(H,12,13)(H,14,15);3*6H,1-5H2,(H2,8,9). The first-order valence-electron chi connectivity index (χ1n) is 14.6. The molecule has 0 aromatic heterocycles. The second-order valence-electron chi connectivity index (χ2n) is 10.9. The van der Waals surface area contributed by atoms with Crippen LogP contribution in [-0.2, 0) is 14.4 Å². The van der Waals surface area contributed by atoms with Gasteiger partial charge in [-0.25, -0.2) is 14.4 Å². The molecule has 0 radical (unpaired) electrons. The minimum atomic E-state index is -1.37. The van der Waals surface area contributed by atoms with Crippen LogP contribution in [0, 0.1) is 17.8 Å². The lowest BCUT2D eigenvalue weighted by molar-refractivity contribution is -0.123. The van der Waals surface area contributed by atoms with Gasteiger partial charge in [0.05, 0.1) is 16.7 Å². The summed E-state index contributed by atoms with van der Waals surface area (Å²) in [4.78, 5) is 63.4. The predicted octanol–water partition coefficient (Wildman–Crippen LogP) is 3.94. The van der Waals surface area contributed by atoms with E-state index in [1.807, 2.05) is 0 Å². The zero-order valence-electron chi connectivity index (χ0n) is 24.1. The van der Waals surface area contributed by atoms with Gasteiger partial charge in [-0.05, 0) is 56.7 Å². The highest BCUT2D eigenvalue weighted by Gasteiger charge is 2.19. The fourth-order valence-corrected chi connectivity index (χ4v) is 5.16. The minimum absolute atomic E-state index is 0.102. The van der Waals surface area contributed by atoms with Gasteiger partial charge in [0.2, 0.25) is 17.7 Å². The lowest BCUT2D eigenvalue weighted by Crippen LogP contribution is -2.24. The number of primary amides is 3. The molecule has 0 bridgehead atoms. The Hall–Kier alpha value is -3.96. The van der Waals surface area contributed by atoms with E-state index in [1.54, 1.807) is 0 Å². The molecule has 4 rings (SSSR count). The van der Waals surface area contributed by atoms with Crippen molar-refractivity contribution in [1.29, 1.82) is 0 Å². The molecule has 0 heterocycles. The summed E-state index contributed by atoms with van der Waals surface area (Å²) in [6.07, 6.45) is 17.1. The van der Waals surface area contributed by atoms with Crippen LogP contribution < -0.4 is 17.2 Å². The number of carboxylic acid groups (broad SMARTS) is 3.